The second kappa shape index (κ2) is 10.9. The SMILES string of the molecule is c1ccc(-c2cccc3c(-c4ccc5ccccc5c4)c4c(-c5ccccc5)cccc4c(-c4ccc5ccccc5c4)c23)cc1. The van der Waals surface area contributed by atoms with Crippen LogP contribution in [0.1, 0.15) is 0 Å². The Kier molecular flexibility index (Phi) is 6.25. The van der Waals surface area contributed by atoms with Gasteiger partial charge in [0.1, 0.15) is 0 Å². The zero-order valence-corrected chi connectivity index (χ0v) is 25.3. The lowest BCUT2D eigenvalue weighted by molar-refractivity contribution is 1.63. The largest absolute Gasteiger partial charge is 0.0622 e. The third kappa shape index (κ3) is 4.30. The van der Waals surface area contributed by atoms with Crippen LogP contribution in [-0.4, -0.2) is 0 Å². The molecule has 0 aliphatic heterocycles. The van der Waals surface area contributed by atoms with Crippen LogP contribution in [0.25, 0.3) is 87.6 Å². The maximum atomic E-state index is 2.37. The van der Waals surface area contributed by atoms with E-state index in [1.807, 2.05) is 0 Å². The van der Waals surface area contributed by atoms with E-state index in [2.05, 4.69) is 182 Å². The average Bonchev–Trinajstić information content (AvgIpc) is 3.13. The molecule has 0 saturated heterocycles. The molecule has 0 N–H and O–H groups in total. The Morgan fingerprint density at radius 2 is 0.630 bits per heavy atom. The Hall–Kier alpha value is -5.98. The lowest BCUT2D eigenvalue weighted by atomic mass is 9.80. The molecule has 9 aromatic carbocycles. The van der Waals surface area contributed by atoms with Crippen molar-refractivity contribution in [2.45, 2.75) is 0 Å². The smallest absolute Gasteiger partial charge is 0.00141 e. The molecule has 0 heteroatoms. The van der Waals surface area contributed by atoms with Crippen LogP contribution in [0.5, 0.6) is 0 Å². The predicted octanol–water partition coefficient (Wildman–Crippen LogP) is 13.0. The Balaban J connectivity index is 1.52. The van der Waals surface area contributed by atoms with Gasteiger partial charge in [0.15, 0.2) is 0 Å². The lowest BCUT2D eigenvalue weighted by Gasteiger charge is -2.22. The molecule has 0 radical (unpaired) electrons. The fourth-order valence-electron chi connectivity index (χ4n) is 7.34. The van der Waals surface area contributed by atoms with Crippen LogP contribution in [0.3, 0.4) is 0 Å². The highest BCUT2D eigenvalue weighted by Gasteiger charge is 2.22. The number of hydrogen-bond donors (Lipinski definition) is 0. The molecule has 0 aliphatic rings. The third-order valence-electron chi connectivity index (χ3n) is 9.41. The first-order valence-electron chi connectivity index (χ1n) is 15.9. The molecule has 0 fully saturated rings. The quantitative estimate of drug-likeness (QED) is 0.181. The van der Waals surface area contributed by atoms with Gasteiger partial charge in [-0.3, -0.25) is 0 Å². The van der Waals surface area contributed by atoms with Crippen molar-refractivity contribution < 1.29 is 0 Å². The summed E-state index contributed by atoms with van der Waals surface area (Å²) in [6, 6.07) is 66.6. The first-order valence-corrected chi connectivity index (χ1v) is 15.9. The van der Waals surface area contributed by atoms with Gasteiger partial charge in [0.25, 0.3) is 0 Å². The van der Waals surface area contributed by atoms with Crippen molar-refractivity contribution in [2.75, 3.05) is 0 Å². The highest BCUT2D eigenvalue weighted by atomic mass is 14.2. The number of benzene rings is 9. The maximum Gasteiger partial charge on any atom is -0.00141 e. The molecule has 0 nitrogen and oxygen atoms in total. The monoisotopic (exact) mass is 582 g/mol. The van der Waals surface area contributed by atoms with E-state index >= 15 is 0 Å². The van der Waals surface area contributed by atoms with E-state index in [1.165, 1.54) is 87.6 Å². The van der Waals surface area contributed by atoms with Gasteiger partial charge in [-0.1, -0.05) is 170 Å². The molecule has 0 bridgehead atoms. The van der Waals surface area contributed by atoms with Crippen LogP contribution in [0, 0.1) is 0 Å². The van der Waals surface area contributed by atoms with E-state index in [4.69, 9.17) is 0 Å². The summed E-state index contributed by atoms with van der Waals surface area (Å²) in [7, 11) is 0. The molecule has 0 heterocycles. The van der Waals surface area contributed by atoms with Gasteiger partial charge in [-0.15, -0.1) is 0 Å². The van der Waals surface area contributed by atoms with Gasteiger partial charge >= 0.3 is 0 Å². The van der Waals surface area contributed by atoms with Crippen molar-refractivity contribution in [3.63, 3.8) is 0 Å². The van der Waals surface area contributed by atoms with Crippen LogP contribution in [0.4, 0.5) is 0 Å². The average molecular weight is 583 g/mol. The van der Waals surface area contributed by atoms with E-state index in [9.17, 15) is 0 Å². The van der Waals surface area contributed by atoms with Gasteiger partial charge in [-0.05, 0) is 99.7 Å². The first kappa shape index (κ1) is 26.4. The zero-order chi connectivity index (χ0) is 30.5. The van der Waals surface area contributed by atoms with Gasteiger partial charge in [0.05, 0.1) is 0 Å². The zero-order valence-electron chi connectivity index (χ0n) is 25.3. The van der Waals surface area contributed by atoms with Crippen molar-refractivity contribution in [2.24, 2.45) is 0 Å². The Morgan fingerprint density at radius 3 is 1.07 bits per heavy atom. The molecule has 0 spiro atoms. The summed E-state index contributed by atoms with van der Waals surface area (Å²) in [5.74, 6) is 0. The van der Waals surface area contributed by atoms with Gasteiger partial charge in [-0.25, -0.2) is 0 Å². The fourth-order valence-corrected chi connectivity index (χ4v) is 7.34. The molecule has 9 aromatic rings. The highest BCUT2D eigenvalue weighted by Crippen LogP contribution is 2.50. The van der Waals surface area contributed by atoms with Gasteiger partial charge in [0, 0.05) is 0 Å². The molecule has 46 heavy (non-hydrogen) atoms. The summed E-state index contributed by atoms with van der Waals surface area (Å²) in [6.45, 7) is 0. The second-order valence-electron chi connectivity index (χ2n) is 12.1. The van der Waals surface area contributed by atoms with Crippen molar-refractivity contribution in [3.8, 4) is 44.5 Å². The van der Waals surface area contributed by atoms with Crippen LogP contribution in [0.15, 0.2) is 182 Å². The molecular formula is C46H30. The molecule has 0 unspecified atom stereocenters. The van der Waals surface area contributed by atoms with Crippen LogP contribution in [-0.2, 0) is 0 Å². The topological polar surface area (TPSA) is 0 Å². The van der Waals surface area contributed by atoms with Gasteiger partial charge in [0.2, 0.25) is 0 Å². The Morgan fingerprint density at radius 1 is 0.239 bits per heavy atom. The van der Waals surface area contributed by atoms with Gasteiger partial charge in [-0.2, -0.15) is 0 Å². The number of rotatable bonds is 4. The molecule has 0 aromatic heterocycles. The summed E-state index contributed by atoms with van der Waals surface area (Å²) >= 11 is 0. The molecule has 9 rings (SSSR count). The van der Waals surface area contributed by atoms with Crippen molar-refractivity contribution in [1.29, 1.82) is 0 Å². The summed E-state index contributed by atoms with van der Waals surface area (Å²) in [6.07, 6.45) is 0. The number of hydrogen-bond acceptors (Lipinski definition) is 0. The highest BCUT2D eigenvalue weighted by molar-refractivity contribution is 6.27. The summed E-state index contributed by atoms with van der Waals surface area (Å²) < 4.78 is 0. The van der Waals surface area contributed by atoms with Crippen molar-refractivity contribution >= 4 is 43.1 Å². The minimum absolute atomic E-state index is 1.22. The maximum absolute atomic E-state index is 2.37. The van der Waals surface area contributed by atoms with E-state index in [1.54, 1.807) is 0 Å². The summed E-state index contributed by atoms with van der Waals surface area (Å²) in [5, 5.41) is 10.1. The van der Waals surface area contributed by atoms with E-state index in [-0.39, 0.29) is 0 Å². The molecule has 0 saturated carbocycles. The van der Waals surface area contributed by atoms with Crippen molar-refractivity contribution in [3.05, 3.63) is 182 Å². The minimum Gasteiger partial charge on any atom is -0.0622 e. The van der Waals surface area contributed by atoms with E-state index < -0.39 is 0 Å². The predicted molar refractivity (Wildman–Crippen MR) is 198 cm³/mol. The van der Waals surface area contributed by atoms with Crippen LogP contribution < -0.4 is 0 Å². The number of fused-ring (bicyclic) bond motifs is 4. The van der Waals surface area contributed by atoms with Crippen molar-refractivity contribution in [1.82, 2.24) is 0 Å². The first-order chi connectivity index (χ1) is 22.8. The molecule has 0 amide bonds. The summed E-state index contributed by atoms with van der Waals surface area (Å²) in [4.78, 5) is 0. The van der Waals surface area contributed by atoms with E-state index in [0.717, 1.165) is 0 Å². The third-order valence-corrected chi connectivity index (χ3v) is 9.41. The molecule has 214 valence electrons. The fraction of sp³-hybridized carbons (Fsp3) is 0. The summed E-state index contributed by atoms with van der Waals surface area (Å²) in [5.41, 5.74) is 9.94. The Labute approximate surface area is 268 Å². The molecule has 0 atom stereocenters. The van der Waals surface area contributed by atoms with Crippen LogP contribution >= 0.6 is 0 Å². The molecule has 0 aliphatic carbocycles. The lowest BCUT2D eigenvalue weighted by Crippen LogP contribution is -1.95. The van der Waals surface area contributed by atoms with Crippen LogP contribution in [0.2, 0.25) is 0 Å². The second-order valence-corrected chi connectivity index (χ2v) is 12.1. The van der Waals surface area contributed by atoms with Gasteiger partial charge < -0.3 is 0 Å². The standard InChI is InChI=1S/C46H30/c1-3-15-33(16-4-1)39-21-11-23-41-44(38-28-26-32-14-8-10-20-36(32)30-38)46-40(34-17-5-2-6-18-34)22-12-24-42(46)43(45(39)41)37-27-25-31-13-7-9-19-35(31)29-37/h1-30H. The molecular weight excluding hydrogens is 553 g/mol. The Bertz CT molecular complexity index is 2380. The minimum atomic E-state index is 1.22. The van der Waals surface area contributed by atoms with E-state index in [0.29, 0.717) is 0 Å². The normalized spacial score (nSPS) is 11.5.